The molecule has 1 atom stereocenters. The van der Waals surface area contributed by atoms with Gasteiger partial charge in [0.25, 0.3) is 5.91 Å². The van der Waals surface area contributed by atoms with Crippen LogP contribution in [0.15, 0.2) is 72.8 Å². The second-order valence-electron chi connectivity index (χ2n) is 9.33. The summed E-state index contributed by atoms with van der Waals surface area (Å²) in [4.78, 5) is 19.0. The molecule has 1 saturated heterocycles. The number of hydrogen-bond acceptors (Lipinski definition) is 4. The molecule has 1 aliphatic carbocycles. The molecule has 1 aromatic carbocycles. The van der Waals surface area contributed by atoms with Gasteiger partial charge >= 0.3 is 0 Å². The number of carbonyl (C=O) groups excluding carboxylic acids is 1. The lowest BCUT2D eigenvalue weighted by atomic mass is 9.75. The highest BCUT2D eigenvalue weighted by Gasteiger charge is 2.41. The summed E-state index contributed by atoms with van der Waals surface area (Å²) in [5.41, 5.74) is 5.37. The summed E-state index contributed by atoms with van der Waals surface area (Å²) in [6.45, 7) is 7.38. The molecule has 1 fully saturated rings. The lowest BCUT2D eigenvalue weighted by Crippen LogP contribution is -2.45. The summed E-state index contributed by atoms with van der Waals surface area (Å²) >= 11 is 0. The van der Waals surface area contributed by atoms with E-state index in [0.29, 0.717) is 0 Å². The number of amides is 1. The monoisotopic (exact) mass is 455 g/mol. The quantitative estimate of drug-likeness (QED) is 0.683. The third kappa shape index (κ3) is 4.32. The standard InChI is InChI=1S/C29H33N3O2/c1-3-32(4-2)28(33)22-9-7-21(8-10-22)26-19-29(13-16-30-17-14-29)34-27-12-11-23(18-25(26)27)24-6-5-15-31-20-24/h5-12,15,19-20,25,30H,3-4,13-14,16-18H2,1-2H3. The van der Waals surface area contributed by atoms with Crippen LogP contribution in [0.1, 0.15) is 54.6 Å². The van der Waals surface area contributed by atoms with Gasteiger partial charge in [-0.3, -0.25) is 9.78 Å². The highest BCUT2D eigenvalue weighted by atomic mass is 16.5. The summed E-state index contributed by atoms with van der Waals surface area (Å²) < 4.78 is 6.70. The number of piperidine rings is 1. The van der Waals surface area contributed by atoms with Crippen LogP contribution in [-0.4, -0.2) is 47.6 Å². The lowest BCUT2D eigenvalue weighted by Gasteiger charge is -2.44. The van der Waals surface area contributed by atoms with Crippen LogP contribution >= 0.6 is 0 Å². The minimum atomic E-state index is -0.266. The molecule has 34 heavy (non-hydrogen) atoms. The van der Waals surface area contributed by atoms with E-state index in [-0.39, 0.29) is 17.4 Å². The van der Waals surface area contributed by atoms with Crippen LogP contribution in [0.5, 0.6) is 0 Å². The van der Waals surface area contributed by atoms with Crippen molar-refractivity contribution in [3.8, 4) is 0 Å². The van der Waals surface area contributed by atoms with E-state index in [4.69, 9.17) is 4.74 Å². The Labute approximate surface area is 202 Å². The molecule has 1 unspecified atom stereocenters. The van der Waals surface area contributed by atoms with Gasteiger partial charge in [-0.1, -0.05) is 24.3 Å². The van der Waals surface area contributed by atoms with Gasteiger partial charge < -0.3 is 15.0 Å². The molecule has 3 aliphatic rings. The normalized spacial score (nSPS) is 21.0. The van der Waals surface area contributed by atoms with E-state index in [1.165, 1.54) is 16.7 Å². The molecule has 5 rings (SSSR count). The number of carbonyl (C=O) groups is 1. The topological polar surface area (TPSA) is 54.5 Å². The Morgan fingerprint density at radius 2 is 1.85 bits per heavy atom. The zero-order valence-corrected chi connectivity index (χ0v) is 20.1. The van der Waals surface area contributed by atoms with E-state index in [1.807, 2.05) is 49.3 Å². The maximum absolute atomic E-state index is 12.8. The second kappa shape index (κ2) is 9.59. The molecule has 1 aromatic heterocycles. The van der Waals surface area contributed by atoms with E-state index < -0.39 is 0 Å². The number of nitrogens with one attached hydrogen (secondary N) is 1. The Hall–Kier alpha value is -3.18. The largest absolute Gasteiger partial charge is 0.487 e. The van der Waals surface area contributed by atoms with Gasteiger partial charge in [0.05, 0.1) is 0 Å². The lowest BCUT2D eigenvalue weighted by molar-refractivity contribution is 0.00149. The van der Waals surface area contributed by atoms with Crippen LogP contribution in [0.3, 0.4) is 0 Å². The first kappa shape index (κ1) is 22.6. The van der Waals surface area contributed by atoms with Crippen molar-refractivity contribution in [1.82, 2.24) is 15.2 Å². The van der Waals surface area contributed by atoms with E-state index >= 15 is 0 Å². The maximum Gasteiger partial charge on any atom is 0.253 e. The highest BCUT2D eigenvalue weighted by molar-refractivity contribution is 5.94. The van der Waals surface area contributed by atoms with Crippen LogP contribution in [0.25, 0.3) is 11.1 Å². The second-order valence-corrected chi connectivity index (χ2v) is 9.33. The Bertz CT molecular complexity index is 1120. The molecule has 1 N–H and O–H groups in total. The van der Waals surface area contributed by atoms with Crippen molar-refractivity contribution in [2.24, 2.45) is 5.92 Å². The molecule has 0 radical (unpaired) electrons. The number of pyridine rings is 1. The zero-order chi connectivity index (χ0) is 23.5. The molecule has 176 valence electrons. The third-order valence-electron chi connectivity index (χ3n) is 7.33. The van der Waals surface area contributed by atoms with Gasteiger partial charge in [-0.15, -0.1) is 0 Å². The molecular formula is C29H33N3O2. The molecule has 0 saturated carbocycles. The average molecular weight is 456 g/mol. The SMILES string of the molecule is CCN(CC)C(=O)c1ccc(C2=CC3(CCNCC3)OC3=CC=C(c4cccnc4)CC32)cc1. The molecule has 1 amide bonds. The van der Waals surface area contributed by atoms with Crippen molar-refractivity contribution in [3.63, 3.8) is 0 Å². The first-order chi connectivity index (χ1) is 16.6. The van der Waals surface area contributed by atoms with Crippen LogP contribution in [0.2, 0.25) is 0 Å². The number of hydrogen-bond donors (Lipinski definition) is 1. The van der Waals surface area contributed by atoms with Gasteiger partial charge in [0.15, 0.2) is 0 Å². The Kier molecular flexibility index (Phi) is 6.38. The summed E-state index contributed by atoms with van der Waals surface area (Å²) in [7, 11) is 0. The van der Waals surface area contributed by atoms with Crippen molar-refractivity contribution in [2.45, 2.75) is 38.7 Å². The van der Waals surface area contributed by atoms with Gasteiger partial charge in [-0.2, -0.15) is 0 Å². The van der Waals surface area contributed by atoms with E-state index in [9.17, 15) is 4.79 Å². The maximum atomic E-state index is 12.8. The molecule has 1 spiro atoms. The number of benzene rings is 1. The van der Waals surface area contributed by atoms with Crippen molar-refractivity contribution in [1.29, 1.82) is 0 Å². The van der Waals surface area contributed by atoms with Gasteiger partial charge in [0.2, 0.25) is 0 Å². The minimum Gasteiger partial charge on any atom is -0.487 e. The summed E-state index contributed by atoms with van der Waals surface area (Å²) in [6, 6.07) is 12.3. The molecule has 0 bridgehead atoms. The fraction of sp³-hybridized carbons (Fsp3) is 0.379. The summed E-state index contributed by atoms with van der Waals surface area (Å²) in [5.74, 6) is 1.30. The number of rotatable bonds is 5. The van der Waals surface area contributed by atoms with Gasteiger partial charge in [-0.25, -0.2) is 0 Å². The molecule has 2 aromatic rings. The Morgan fingerprint density at radius 1 is 1.09 bits per heavy atom. The number of ether oxygens (including phenoxy) is 1. The van der Waals surface area contributed by atoms with Crippen LogP contribution in [0.4, 0.5) is 0 Å². The number of aromatic nitrogens is 1. The summed E-state index contributed by atoms with van der Waals surface area (Å²) in [6.07, 6.45) is 13.3. The minimum absolute atomic E-state index is 0.0902. The van der Waals surface area contributed by atoms with Gasteiger partial charge in [0, 0.05) is 49.8 Å². The molecular weight excluding hydrogens is 422 g/mol. The van der Waals surface area contributed by atoms with E-state index in [1.54, 1.807) is 0 Å². The van der Waals surface area contributed by atoms with Crippen molar-refractivity contribution in [3.05, 3.63) is 89.5 Å². The first-order valence-corrected chi connectivity index (χ1v) is 12.5. The predicted molar refractivity (Wildman–Crippen MR) is 136 cm³/mol. The predicted octanol–water partition coefficient (Wildman–Crippen LogP) is 5.09. The Morgan fingerprint density at radius 3 is 2.53 bits per heavy atom. The smallest absolute Gasteiger partial charge is 0.253 e. The van der Waals surface area contributed by atoms with Gasteiger partial charge in [-0.05, 0) is 86.0 Å². The fourth-order valence-corrected chi connectivity index (χ4v) is 5.35. The molecule has 2 aliphatic heterocycles. The van der Waals surface area contributed by atoms with E-state index in [2.05, 4.69) is 46.7 Å². The van der Waals surface area contributed by atoms with Crippen molar-refractivity contribution < 1.29 is 9.53 Å². The fourth-order valence-electron chi connectivity index (χ4n) is 5.35. The van der Waals surface area contributed by atoms with Crippen LogP contribution in [-0.2, 0) is 4.74 Å². The number of allylic oxidation sites excluding steroid dienone is 4. The number of fused-ring (bicyclic) bond motifs is 1. The van der Waals surface area contributed by atoms with Crippen molar-refractivity contribution in [2.75, 3.05) is 26.2 Å². The average Bonchev–Trinajstić information content (AvgIpc) is 2.90. The summed E-state index contributed by atoms with van der Waals surface area (Å²) in [5, 5.41) is 3.46. The van der Waals surface area contributed by atoms with Crippen LogP contribution < -0.4 is 5.32 Å². The zero-order valence-electron chi connectivity index (χ0n) is 20.1. The molecule has 5 heteroatoms. The highest BCUT2D eigenvalue weighted by Crippen LogP contribution is 2.48. The molecule has 5 nitrogen and oxygen atoms in total. The third-order valence-corrected chi connectivity index (χ3v) is 7.33. The van der Waals surface area contributed by atoms with Crippen LogP contribution in [0, 0.1) is 5.92 Å². The molecule has 3 heterocycles. The van der Waals surface area contributed by atoms with E-state index in [0.717, 1.165) is 62.3 Å². The Balaban J connectivity index is 1.50. The van der Waals surface area contributed by atoms with Crippen molar-refractivity contribution >= 4 is 17.1 Å². The van der Waals surface area contributed by atoms with Gasteiger partial charge in [0.1, 0.15) is 11.4 Å². The number of nitrogens with zero attached hydrogens (tertiary/aromatic N) is 2. The first-order valence-electron chi connectivity index (χ1n) is 12.5.